The third kappa shape index (κ3) is 9.15. The first-order valence-electron chi connectivity index (χ1n) is 9.28. The van der Waals surface area contributed by atoms with Gasteiger partial charge in [0.2, 0.25) is 23.6 Å². The minimum Gasteiger partial charge on any atom is -0.480 e. The van der Waals surface area contributed by atoms with Gasteiger partial charge in [0.05, 0.1) is 12.6 Å². The van der Waals surface area contributed by atoms with E-state index in [-0.39, 0.29) is 19.3 Å². The summed E-state index contributed by atoms with van der Waals surface area (Å²) < 4.78 is 0. The van der Waals surface area contributed by atoms with Crippen LogP contribution in [0.3, 0.4) is 0 Å². The second-order valence-electron chi connectivity index (χ2n) is 6.72. The number of amides is 4. The summed E-state index contributed by atoms with van der Waals surface area (Å²) in [6, 6.07) is 5.79. The Morgan fingerprint density at radius 1 is 1.00 bits per heavy atom. The zero-order valence-electron chi connectivity index (χ0n) is 16.6. The standard InChI is InChI=1S/C19H27N5O6/c1-11(20)17(27)24-14(9-12-5-3-2-4-6-12)18(28)22-10-16(26)23-13(19(29)30)7-8-15(21)25/h2-6,11,13-14H,7-10,20H2,1H3,(H2,21,25)(H,22,28)(H,23,26)(H,24,27)(H,29,30). The van der Waals surface area contributed by atoms with Gasteiger partial charge in [0.1, 0.15) is 12.1 Å². The molecule has 11 heteroatoms. The van der Waals surface area contributed by atoms with E-state index < -0.39 is 54.3 Å². The van der Waals surface area contributed by atoms with Crippen molar-refractivity contribution < 1.29 is 29.1 Å². The largest absolute Gasteiger partial charge is 0.480 e. The van der Waals surface area contributed by atoms with Gasteiger partial charge in [-0.15, -0.1) is 0 Å². The lowest BCUT2D eigenvalue weighted by Crippen LogP contribution is -2.53. The number of nitrogens with one attached hydrogen (secondary N) is 3. The van der Waals surface area contributed by atoms with Gasteiger partial charge in [-0.25, -0.2) is 4.79 Å². The zero-order chi connectivity index (χ0) is 22.7. The molecule has 8 N–H and O–H groups in total. The second kappa shape index (κ2) is 12.2. The van der Waals surface area contributed by atoms with Crippen molar-refractivity contribution in [1.29, 1.82) is 0 Å². The fourth-order valence-corrected chi connectivity index (χ4v) is 2.44. The molecule has 1 rings (SSSR count). The maximum absolute atomic E-state index is 12.5. The molecule has 30 heavy (non-hydrogen) atoms. The molecule has 0 saturated carbocycles. The number of primary amides is 1. The number of aliphatic carboxylic acids is 1. The van der Waals surface area contributed by atoms with Crippen LogP contribution in [0.5, 0.6) is 0 Å². The van der Waals surface area contributed by atoms with Gasteiger partial charge in [-0.2, -0.15) is 0 Å². The predicted octanol–water partition coefficient (Wildman–Crippen LogP) is -1.99. The van der Waals surface area contributed by atoms with Crippen LogP contribution >= 0.6 is 0 Å². The van der Waals surface area contributed by atoms with Gasteiger partial charge < -0.3 is 32.5 Å². The fourth-order valence-electron chi connectivity index (χ4n) is 2.44. The molecular formula is C19H27N5O6. The second-order valence-corrected chi connectivity index (χ2v) is 6.72. The number of carbonyl (C=O) groups excluding carboxylic acids is 4. The van der Waals surface area contributed by atoms with Crippen LogP contribution in [0.1, 0.15) is 25.3 Å². The summed E-state index contributed by atoms with van der Waals surface area (Å²) in [6.07, 6.45) is -0.222. The number of rotatable bonds is 12. The van der Waals surface area contributed by atoms with E-state index in [4.69, 9.17) is 16.6 Å². The average molecular weight is 421 g/mol. The van der Waals surface area contributed by atoms with Gasteiger partial charge in [0, 0.05) is 12.8 Å². The highest BCUT2D eigenvalue weighted by Gasteiger charge is 2.24. The van der Waals surface area contributed by atoms with Gasteiger partial charge in [0.25, 0.3) is 0 Å². The van der Waals surface area contributed by atoms with Crippen LogP contribution in [0.15, 0.2) is 30.3 Å². The van der Waals surface area contributed by atoms with E-state index in [9.17, 15) is 24.0 Å². The Morgan fingerprint density at radius 3 is 2.17 bits per heavy atom. The Morgan fingerprint density at radius 2 is 1.63 bits per heavy atom. The van der Waals surface area contributed by atoms with Crippen molar-refractivity contribution in [2.24, 2.45) is 11.5 Å². The molecule has 3 unspecified atom stereocenters. The van der Waals surface area contributed by atoms with Crippen molar-refractivity contribution in [3.8, 4) is 0 Å². The molecule has 1 aromatic rings. The summed E-state index contributed by atoms with van der Waals surface area (Å²) in [6.45, 7) is 0.955. The zero-order valence-corrected chi connectivity index (χ0v) is 16.6. The van der Waals surface area contributed by atoms with E-state index in [1.807, 2.05) is 0 Å². The van der Waals surface area contributed by atoms with Gasteiger partial charge in [-0.3, -0.25) is 19.2 Å². The van der Waals surface area contributed by atoms with Gasteiger partial charge in [0.15, 0.2) is 0 Å². The van der Waals surface area contributed by atoms with Crippen LogP contribution < -0.4 is 27.4 Å². The molecule has 0 aromatic heterocycles. The average Bonchev–Trinajstić information content (AvgIpc) is 2.68. The lowest BCUT2D eigenvalue weighted by atomic mass is 10.0. The topological polar surface area (TPSA) is 194 Å². The molecule has 0 aliphatic heterocycles. The van der Waals surface area contributed by atoms with Crippen LogP contribution in [-0.4, -0.2) is 59.4 Å². The van der Waals surface area contributed by atoms with Crippen LogP contribution in [0, 0.1) is 0 Å². The van der Waals surface area contributed by atoms with Crippen LogP contribution in [0.2, 0.25) is 0 Å². The summed E-state index contributed by atoms with van der Waals surface area (Å²) in [5, 5.41) is 16.2. The summed E-state index contributed by atoms with van der Waals surface area (Å²) >= 11 is 0. The molecule has 3 atom stereocenters. The molecule has 164 valence electrons. The maximum atomic E-state index is 12.5. The van der Waals surface area contributed by atoms with Crippen molar-refractivity contribution in [2.75, 3.05) is 6.54 Å². The van der Waals surface area contributed by atoms with E-state index in [1.165, 1.54) is 6.92 Å². The monoisotopic (exact) mass is 421 g/mol. The van der Waals surface area contributed by atoms with Crippen LogP contribution in [-0.2, 0) is 30.4 Å². The van der Waals surface area contributed by atoms with E-state index in [2.05, 4.69) is 16.0 Å². The quantitative estimate of drug-likeness (QED) is 0.225. The molecule has 1 aromatic carbocycles. The molecule has 4 amide bonds. The SMILES string of the molecule is CC(N)C(=O)NC(Cc1ccccc1)C(=O)NCC(=O)NC(CCC(N)=O)C(=O)O. The maximum Gasteiger partial charge on any atom is 0.326 e. The van der Waals surface area contributed by atoms with Gasteiger partial charge in [-0.05, 0) is 18.9 Å². The Labute approximate surface area is 173 Å². The Kier molecular flexibility index (Phi) is 9.97. The smallest absolute Gasteiger partial charge is 0.326 e. The summed E-state index contributed by atoms with van der Waals surface area (Å²) in [5.41, 5.74) is 11.3. The third-order valence-corrected chi connectivity index (χ3v) is 4.07. The Balaban J connectivity index is 2.70. The molecule has 0 fully saturated rings. The van der Waals surface area contributed by atoms with E-state index in [0.29, 0.717) is 0 Å². The van der Waals surface area contributed by atoms with Crippen molar-refractivity contribution in [1.82, 2.24) is 16.0 Å². The lowest BCUT2D eigenvalue weighted by molar-refractivity contribution is -0.142. The first-order valence-corrected chi connectivity index (χ1v) is 9.28. The molecule has 0 aliphatic rings. The molecule has 11 nitrogen and oxygen atoms in total. The van der Waals surface area contributed by atoms with Crippen molar-refractivity contribution >= 4 is 29.6 Å². The number of nitrogens with two attached hydrogens (primary N) is 2. The Hall–Kier alpha value is -3.47. The van der Waals surface area contributed by atoms with Crippen LogP contribution in [0.25, 0.3) is 0 Å². The minimum absolute atomic E-state index is 0.170. The van der Waals surface area contributed by atoms with Crippen molar-refractivity contribution in [3.63, 3.8) is 0 Å². The Bertz CT molecular complexity index is 768. The van der Waals surface area contributed by atoms with Crippen molar-refractivity contribution in [2.45, 2.75) is 44.3 Å². The molecule has 0 spiro atoms. The molecule has 0 aliphatic carbocycles. The number of hydrogen-bond acceptors (Lipinski definition) is 6. The highest BCUT2D eigenvalue weighted by Crippen LogP contribution is 2.04. The first kappa shape index (κ1) is 24.6. The first-order chi connectivity index (χ1) is 14.1. The summed E-state index contributed by atoms with van der Waals surface area (Å²) in [4.78, 5) is 58.4. The molecule has 0 radical (unpaired) electrons. The summed E-state index contributed by atoms with van der Waals surface area (Å²) in [7, 11) is 0. The van der Waals surface area contributed by atoms with E-state index >= 15 is 0 Å². The van der Waals surface area contributed by atoms with E-state index in [0.717, 1.165) is 5.56 Å². The van der Waals surface area contributed by atoms with Gasteiger partial charge in [-0.1, -0.05) is 30.3 Å². The van der Waals surface area contributed by atoms with Gasteiger partial charge >= 0.3 is 5.97 Å². The highest BCUT2D eigenvalue weighted by molar-refractivity contribution is 5.92. The van der Waals surface area contributed by atoms with Crippen molar-refractivity contribution in [3.05, 3.63) is 35.9 Å². The number of carboxylic acid groups (broad SMARTS) is 1. The number of carboxylic acids is 1. The third-order valence-electron chi connectivity index (χ3n) is 4.07. The molecular weight excluding hydrogens is 394 g/mol. The molecule has 0 bridgehead atoms. The lowest BCUT2D eigenvalue weighted by Gasteiger charge is -2.20. The number of hydrogen-bond donors (Lipinski definition) is 6. The predicted molar refractivity (Wildman–Crippen MR) is 107 cm³/mol. The molecule has 0 heterocycles. The highest BCUT2D eigenvalue weighted by atomic mass is 16.4. The molecule has 0 saturated heterocycles. The normalized spacial score (nSPS) is 13.4. The summed E-state index contributed by atoms with van der Waals surface area (Å²) in [5.74, 6) is -3.96. The van der Waals surface area contributed by atoms with Crippen LogP contribution in [0.4, 0.5) is 0 Å². The fraction of sp³-hybridized carbons (Fsp3) is 0.421. The van der Waals surface area contributed by atoms with E-state index in [1.54, 1.807) is 30.3 Å². The number of benzene rings is 1. The minimum atomic E-state index is -1.33. The number of carbonyl (C=O) groups is 5.